The molecule has 0 aromatic carbocycles. The monoisotopic (exact) mass is 262 g/mol. The van der Waals surface area contributed by atoms with Gasteiger partial charge in [-0.2, -0.15) is 4.99 Å². The summed E-state index contributed by atoms with van der Waals surface area (Å²) in [5.41, 5.74) is 8.14. The minimum atomic E-state index is -0.657. The Morgan fingerprint density at radius 1 is 1.21 bits per heavy atom. The predicted molar refractivity (Wildman–Crippen MR) is 79.5 cm³/mol. The van der Waals surface area contributed by atoms with E-state index in [9.17, 15) is 4.79 Å². The lowest BCUT2D eigenvalue weighted by atomic mass is 9.69. The molecule has 3 nitrogen and oxygen atoms in total. The number of nitrogens with zero attached hydrogens (tertiary/aromatic N) is 1. The van der Waals surface area contributed by atoms with Crippen LogP contribution in [0.15, 0.2) is 28.3 Å². The molecule has 0 heterocycles. The van der Waals surface area contributed by atoms with Crippen molar-refractivity contribution in [3.05, 3.63) is 23.3 Å². The van der Waals surface area contributed by atoms with Crippen LogP contribution in [-0.4, -0.2) is 17.7 Å². The molecule has 0 radical (unpaired) electrons. The third-order valence-corrected chi connectivity index (χ3v) is 4.09. The molecular formula is C16H26N2O. The van der Waals surface area contributed by atoms with E-state index in [1.54, 1.807) is 6.08 Å². The molecule has 1 rings (SSSR count). The minimum absolute atomic E-state index is 0.153. The molecule has 0 amide bonds. The zero-order valence-corrected chi connectivity index (χ0v) is 12.9. The summed E-state index contributed by atoms with van der Waals surface area (Å²) >= 11 is 0. The molecule has 0 aromatic rings. The fourth-order valence-corrected chi connectivity index (χ4v) is 2.64. The average molecular weight is 262 g/mol. The summed E-state index contributed by atoms with van der Waals surface area (Å²) in [6.07, 6.45) is 5.99. The van der Waals surface area contributed by atoms with Gasteiger partial charge in [0.1, 0.15) is 5.54 Å². The molecule has 2 unspecified atom stereocenters. The Balaban J connectivity index is 3.47. The third kappa shape index (κ3) is 2.88. The Kier molecular flexibility index (Phi) is 4.89. The van der Waals surface area contributed by atoms with Gasteiger partial charge in [0.25, 0.3) is 0 Å². The normalized spacial score (nSPS) is 27.4. The number of hydrogen-bond acceptors (Lipinski definition) is 3. The van der Waals surface area contributed by atoms with Gasteiger partial charge in [0.2, 0.25) is 6.08 Å². The maximum Gasteiger partial charge on any atom is 0.235 e. The van der Waals surface area contributed by atoms with Crippen molar-refractivity contribution in [2.45, 2.75) is 53.1 Å². The topological polar surface area (TPSA) is 55.5 Å². The van der Waals surface area contributed by atoms with Crippen LogP contribution < -0.4 is 5.73 Å². The quantitative estimate of drug-likeness (QED) is 0.624. The molecule has 0 saturated heterocycles. The van der Waals surface area contributed by atoms with Crippen molar-refractivity contribution in [2.24, 2.45) is 28.5 Å². The Morgan fingerprint density at radius 2 is 1.79 bits per heavy atom. The smallest absolute Gasteiger partial charge is 0.235 e. The zero-order valence-electron chi connectivity index (χ0n) is 12.9. The van der Waals surface area contributed by atoms with Crippen LogP contribution >= 0.6 is 0 Å². The van der Waals surface area contributed by atoms with Crippen molar-refractivity contribution in [2.75, 3.05) is 0 Å². The van der Waals surface area contributed by atoms with Gasteiger partial charge in [-0.25, -0.2) is 4.79 Å². The lowest BCUT2D eigenvalue weighted by Gasteiger charge is -2.41. The summed E-state index contributed by atoms with van der Waals surface area (Å²) in [6, 6.07) is -0.253. The van der Waals surface area contributed by atoms with E-state index in [0.717, 1.165) is 0 Å². The highest BCUT2D eigenvalue weighted by Gasteiger charge is 2.43. The number of nitrogens with two attached hydrogens (primary N) is 1. The fraction of sp³-hybridized carbons (Fsp3) is 0.688. The highest BCUT2D eigenvalue weighted by atomic mass is 16.1. The van der Waals surface area contributed by atoms with Crippen molar-refractivity contribution < 1.29 is 4.79 Å². The van der Waals surface area contributed by atoms with Crippen LogP contribution in [0.4, 0.5) is 0 Å². The molecular weight excluding hydrogens is 236 g/mol. The number of allylic oxidation sites excluding steroid dienone is 2. The second-order valence-electron chi connectivity index (χ2n) is 6.32. The van der Waals surface area contributed by atoms with E-state index in [1.165, 1.54) is 11.1 Å². The second-order valence-corrected chi connectivity index (χ2v) is 6.32. The summed E-state index contributed by atoms with van der Waals surface area (Å²) in [4.78, 5) is 15.0. The van der Waals surface area contributed by atoms with Crippen LogP contribution in [0, 0.1) is 17.8 Å². The van der Waals surface area contributed by atoms with Gasteiger partial charge < -0.3 is 5.73 Å². The molecule has 19 heavy (non-hydrogen) atoms. The van der Waals surface area contributed by atoms with Crippen LogP contribution in [0.2, 0.25) is 0 Å². The molecule has 3 heteroatoms. The standard InChI is InChI=1S/C16H26N2O/c1-10(2)13-7-14(11(3)4)15(17)16(8-13,12(5)6)18-9-19/h7-8,10-12,15H,17H2,1-6H3. The molecule has 1 aliphatic rings. The molecule has 0 saturated carbocycles. The third-order valence-electron chi connectivity index (χ3n) is 4.09. The van der Waals surface area contributed by atoms with E-state index in [2.05, 4.69) is 58.7 Å². The van der Waals surface area contributed by atoms with Gasteiger partial charge in [0.15, 0.2) is 0 Å². The highest BCUT2D eigenvalue weighted by Crippen LogP contribution is 2.39. The zero-order chi connectivity index (χ0) is 14.8. The van der Waals surface area contributed by atoms with Gasteiger partial charge in [0.05, 0.1) is 6.04 Å². The lowest BCUT2D eigenvalue weighted by molar-refractivity contribution is 0.325. The first kappa shape index (κ1) is 15.9. The summed E-state index contributed by atoms with van der Waals surface area (Å²) in [7, 11) is 0. The first-order valence-electron chi connectivity index (χ1n) is 7.05. The van der Waals surface area contributed by atoms with Gasteiger partial charge in [-0.3, -0.25) is 0 Å². The van der Waals surface area contributed by atoms with E-state index in [-0.39, 0.29) is 12.0 Å². The van der Waals surface area contributed by atoms with Crippen LogP contribution in [0.3, 0.4) is 0 Å². The largest absolute Gasteiger partial charge is 0.322 e. The highest BCUT2D eigenvalue weighted by molar-refractivity contribution is 5.46. The van der Waals surface area contributed by atoms with Gasteiger partial charge in [-0.15, -0.1) is 0 Å². The van der Waals surface area contributed by atoms with Crippen molar-refractivity contribution in [1.29, 1.82) is 0 Å². The molecule has 1 aliphatic carbocycles. The summed E-state index contributed by atoms with van der Waals surface area (Å²) in [6.45, 7) is 12.7. The molecule has 0 fully saturated rings. The Labute approximate surface area is 116 Å². The van der Waals surface area contributed by atoms with Gasteiger partial charge >= 0.3 is 0 Å². The Bertz CT molecular complexity index is 440. The molecule has 0 spiro atoms. The molecule has 106 valence electrons. The maximum absolute atomic E-state index is 10.9. The van der Waals surface area contributed by atoms with Crippen molar-refractivity contribution in [3.8, 4) is 0 Å². The minimum Gasteiger partial charge on any atom is -0.322 e. The molecule has 0 aliphatic heterocycles. The van der Waals surface area contributed by atoms with E-state index in [0.29, 0.717) is 11.8 Å². The number of isocyanates is 1. The van der Waals surface area contributed by atoms with Crippen molar-refractivity contribution >= 4 is 6.08 Å². The number of rotatable bonds is 4. The predicted octanol–water partition coefficient (Wildman–Crippen LogP) is 3.22. The Morgan fingerprint density at radius 3 is 2.16 bits per heavy atom. The molecule has 0 aromatic heterocycles. The lowest BCUT2D eigenvalue weighted by Crippen LogP contribution is -2.52. The van der Waals surface area contributed by atoms with Gasteiger partial charge in [0, 0.05) is 0 Å². The van der Waals surface area contributed by atoms with E-state index >= 15 is 0 Å². The van der Waals surface area contributed by atoms with Crippen LogP contribution in [-0.2, 0) is 4.79 Å². The van der Waals surface area contributed by atoms with Crippen LogP contribution in [0.1, 0.15) is 41.5 Å². The molecule has 2 atom stereocenters. The van der Waals surface area contributed by atoms with E-state index < -0.39 is 5.54 Å². The number of aliphatic imine (C=N–C) groups is 1. The van der Waals surface area contributed by atoms with E-state index in [1.807, 2.05) is 0 Å². The van der Waals surface area contributed by atoms with Crippen LogP contribution in [0.25, 0.3) is 0 Å². The number of carbonyl (C=O) groups excluding carboxylic acids is 1. The van der Waals surface area contributed by atoms with Gasteiger partial charge in [-0.1, -0.05) is 53.7 Å². The summed E-state index contributed by atoms with van der Waals surface area (Å²) in [5.74, 6) is 0.888. The fourth-order valence-electron chi connectivity index (χ4n) is 2.64. The Hall–Kier alpha value is -1.18. The SMILES string of the molecule is CC(C)C1=CC(N=C=O)(C(C)C)C(N)C(C(C)C)=C1. The number of hydrogen-bond donors (Lipinski definition) is 1. The average Bonchev–Trinajstić information content (AvgIpc) is 2.30. The second kappa shape index (κ2) is 5.85. The summed E-state index contributed by atoms with van der Waals surface area (Å²) < 4.78 is 0. The molecule has 2 N–H and O–H groups in total. The first-order valence-corrected chi connectivity index (χ1v) is 7.05. The van der Waals surface area contributed by atoms with Gasteiger partial charge in [-0.05, 0) is 28.9 Å². The van der Waals surface area contributed by atoms with Crippen molar-refractivity contribution in [3.63, 3.8) is 0 Å². The van der Waals surface area contributed by atoms with Crippen molar-refractivity contribution in [1.82, 2.24) is 0 Å². The van der Waals surface area contributed by atoms with E-state index in [4.69, 9.17) is 5.73 Å². The first-order chi connectivity index (χ1) is 8.76. The maximum atomic E-state index is 10.9. The van der Waals surface area contributed by atoms with Crippen LogP contribution in [0.5, 0.6) is 0 Å². The summed E-state index contributed by atoms with van der Waals surface area (Å²) in [5, 5.41) is 0. The molecule has 0 bridgehead atoms.